The maximum absolute atomic E-state index is 11.9. The largest absolute Gasteiger partial charge is 0.395 e. The molecule has 0 aromatic heterocycles. The molecule has 106 valence electrons. The van der Waals surface area contributed by atoms with E-state index in [1.54, 1.807) is 18.0 Å². The maximum atomic E-state index is 11.9. The summed E-state index contributed by atoms with van der Waals surface area (Å²) >= 11 is 6.09. The zero-order chi connectivity index (χ0) is 14.4. The molecule has 1 amide bonds. The van der Waals surface area contributed by atoms with Crippen molar-refractivity contribution in [1.29, 1.82) is 0 Å². The van der Waals surface area contributed by atoms with Gasteiger partial charge in [-0.3, -0.25) is 9.69 Å². The van der Waals surface area contributed by atoms with Crippen LogP contribution in [0.4, 0.5) is 0 Å². The van der Waals surface area contributed by atoms with Crippen LogP contribution in [-0.2, 0) is 4.79 Å². The minimum atomic E-state index is -0.140. The molecule has 0 spiro atoms. The first-order chi connectivity index (χ1) is 8.95. The van der Waals surface area contributed by atoms with Crippen LogP contribution >= 0.6 is 11.6 Å². The Morgan fingerprint density at radius 1 is 1.42 bits per heavy atom. The molecule has 4 nitrogen and oxygen atoms in total. The van der Waals surface area contributed by atoms with Crippen LogP contribution < -0.4 is 5.32 Å². The standard InChI is InChI=1S/C14H21ClN2O2/c1-10(9-18)17(3)8-14(19)16-11(2)12-6-4-5-7-13(12)15/h4-7,10-11,18H,8-9H2,1-3H3,(H,16,19). The molecule has 0 aliphatic heterocycles. The Kier molecular flexibility index (Phi) is 6.28. The fraction of sp³-hybridized carbons (Fsp3) is 0.500. The van der Waals surface area contributed by atoms with Crippen molar-refractivity contribution in [3.05, 3.63) is 34.9 Å². The SMILES string of the molecule is CC(NC(=O)CN(C)C(C)CO)c1ccccc1Cl. The molecular weight excluding hydrogens is 264 g/mol. The van der Waals surface area contributed by atoms with E-state index in [4.69, 9.17) is 16.7 Å². The summed E-state index contributed by atoms with van der Waals surface area (Å²) in [5.41, 5.74) is 0.898. The topological polar surface area (TPSA) is 52.6 Å². The molecular formula is C14H21ClN2O2. The number of hydrogen-bond donors (Lipinski definition) is 2. The molecule has 0 bridgehead atoms. The molecule has 1 aromatic carbocycles. The number of amides is 1. The molecule has 1 rings (SSSR count). The van der Waals surface area contributed by atoms with Crippen LogP contribution in [-0.4, -0.2) is 42.2 Å². The molecule has 2 atom stereocenters. The van der Waals surface area contributed by atoms with Crippen LogP contribution in [0.15, 0.2) is 24.3 Å². The second-order valence-corrected chi connectivity index (χ2v) is 5.16. The Balaban J connectivity index is 2.55. The number of halogens is 1. The van der Waals surface area contributed by atoms with Crippen molar-refractivity contribution in [3.63, 3.8) is 0 Å². The van der Waals surface area contributed by atoms with Gasteiger partial charge in [0.2, 0.25) is 5.91 Å². The van der Waals surface area contributed by atoms with Crippen molar-refractivity contribution >= 4 is 17.5 Å². The smallest absolute Gasteiger partial charge is 0.234 e. The van der Waals surface area contributed by atoms with Crippen LogP contribution in [0.2, 0.25) is 5.02 Å². The van der Waals surface area contributed by atoms with Gasteiger partial charge in [0.05, 0.1) is 19.2 Å². The lowest BCUT2D eigenvalue weighted by atomic mass is 10.1. The second-order valence-electron chi connectivity index (χ2n) is 4.76. The van der Waals surface area contributed by atoms with Gasteiger partial charge in [-0.1, -0.05) is 29.8 Å². The summed E-state index contributed by atoms with van der Waals surface area (Å²) in [6.45, 7) is 4.04. The number of hydrogen-bond acceptors (Lipinski definition) is 3. The van der Waals surface area contributed by atoms with E-state index in [1.807, 2.05) is 32.0 Å². The van der Waals surface area contributed by atoms with Gasteiger partial charge >= 0.3 is 0 Å². The molecule has 2 N–H and O–H groups in total. The van der Waals surface area contributed by atoms with Crippen LogP contribution in [0.1, 0.15) is 25.5 Å². The van der Waals surface area contributed by atoms with Crippen molar-refractivity contribution in [2.75, 3.05) is 20.2 Å². The number of rotatable bonds is 6. The summed E-state index contributed by atoms with van der Waals surface area (Å²) in [5.74, 6) is -0.0878. The van der Waals surface area contributed by atoms with Crippen molar-refractivity contribution in [3.8, 4) is 0 Å². The number of carbonyl (C=O) groups excluding carboxylic acids is 1. The Morgan fingerprint density at radius 3 is 2.63 bits per heavy atom. The first-order valence-electron chi connectivity index (χ1n) is 6.30. The number of aliphatic hydroxyl groups is 1. The average Bonchev–Trinajstić information content (AvgIpc) is 2.37. The van der Waals surface area contributed by atoms with Crippen LogP contribution in [0, 0.1) is 0 Å². The minimum Gasteiger partial charge on any atom is -0.395 e. The molecule has 19 heavy (non-hydrogen) atoms. The predicted molar refractivity (Wildman–Crippen MR) is 77.2 cm³/mol. The Labute approximate surface area is 119 Å². The number of aliphatic hydroxyl groups excluding tert-OH is 1. The van der Waals surface area contributed by atoms with Crippen molar-refractivity contribution in [2.45, 2.75) is 25.9 Å². The quantitative estimate of drug-likeness (QED) is 0.838. The molecule has 0 radical (unpaired) electrons. The van der Waals surface area contributed by atoms with Gasteiger partial charge in [0.25, 0.3) is 0 Å². The van der Waals surface area contributed by atoms with E-state index in [0.29, 0.717) is 5.02 Å². The molecule has 0 heterocycles. The molecule has 0 saturated carbocycles. The number of nitrogens with one attached hydrogen (secondary N) is 1. The monoisotopic (exact) mass is 284 g/mol. The summed E-state index contributed by atoms with van der Waals surface area (Å²) < 4.78 is 0. The van der Waals surface area contributed by atoms with Crippen LogP contribution in [0.3, 0.4) is 0 Å². The van der Waals surface area contributed by atoms with Gasteiger partial charge in [0.15, 0.2) is 0 Å². The fourth-order valence-electron chi connectivity index (χ4n) is 1.71. The predicted octanol–water partition coefficient (Wildman–Crippen LogP) is 1.83. The third-order valence-electron chi connectivity index (χ3n) is 3.16. The second kappa shape index (κ2) is 7.48. The Bertz CT molecular complexity index is 426. The van der Waals surface area contributed by atoms with Crippen molar-refractivity contribution in [1.82, 2.24) is 10.2 Å². The first kappa shape index (κ1) is 16.0. The van der Waals surface area contributed by atoms with E-state index < -0.39 is 0 Å². The molecule has 0 saturated heterocycles. The Morgan fingerprint density at radius 2 is 2.05 bits per heavy atom. The highest BCUT2D eigenvalue weighted by atomic mass is 35.5. The summed E-state index contributed by atoms with van der Waals surface area (Å²) in [7, 11) is 1.81. The summed E-state index contributed by atoms with van der Waals surface area (Å²) in [4.78, 5) is 13.7. The van der Waals surface area contributed by atoms with E-state index >= 15 is 0 Å². The van der Waals surface area contributed by atoms with Crippen LogP contribution in [0.5, 0.6) is 0 Å². The van der Waals surface area contributed by atoms with E-state index in [0.717, 1.165) is 5.56 Å². The number of nitrogens with zero attached hydrogens (tertiary/aromatic N) is 1. The van der Waals surface area contributed by atoms with Gasteiger partial charge in [0, 0.05) is 11.1 Å². The molecule has 0 aliphatic rings. The minimum absolute atomic E-state index is 0.0316. The van der Waals surface area contributed by atoms with Gasteiger partial charge < -0.3 is 10.4 Å². The molecule has 0 aliphatic carbocycles. The molecule has 0 fully saturated rings. The first-order valence-corrected chi connectivity index (χ1v) is 6.68. The summed E-state index contributed by atoms with van der Waals surface area (Å²) in [6.07, 6.45) is 0. The van der Waals surface area contributed by atoms with E-state index in [9.17, 15) is 4.79 Å². The summed E-state index contributed by atoms with van der Waals surface area (Å²) in [6, 6.07) is 7.27. The third-order valence-corrected chi connectivity index (χ3v) is 3.50. The Hall–Kier alpha value is -1.10. The van der Waals surface area contributed by atoms with Gasteiger partial charge in [-0.05, 0) is 32.5 Å². The number of carbonyl (C=O) groups is 1. The normalized spacial score (nSPS) is 14.2. The lowest BCUT2D eigenvalue weighted by molar-refractivity contribution is -0.123. The maximum Gasteiger partial charge on any atom is 0.234 e. The zero-order valence-electron chi connectivity index (χ0n) is 11.6. The highest BCUT2D eigenvalue weighted by Crippen LogP contribution is 2.21. The van der Waals surface area contributed by atoms with Crippen LogP contribution in [0.25, 0.3) is 0 Å². The van der Waals surface area contributed by atoms with Gasteiger partial charge in [0.1, 0.15) is 0 Å². The van der Waals surface area contributed by atoms with Crippen molar-refractivity contribution in [2.24, 2.45) is 0 Å². The molecule has 5 heteroatoms. The summed E-state index contributed by atoms with van der Waals surface area (Å²) in [5, 5.41) is 12.6. The van der Waals surface area contributed by atoms with Gasteiger partial charge in [-0.15, -0.1) is 0 Å². The highest BCUT2D eigenvalue weighted by Gasteiger charge is 2.15. The highest BCUT2D eigenvalue weighted by molar-refractivity contribution is 6.31. The van der Waals surface area contributed by atoms with E-state index in [2.05, 4.69) is 5.32 Å². The molecule has 2 unspecified atom stereocenters. The van der Waals surface area contributed by atoms with Gasteiger partial charge in [-0.2, -0.15) is 0 Å². The van der Waals surface area contributed by atoms with Gasteiger partial charge in [-0.25, -0.2) is 0 Å². The number of benzene rings is 1. The zero-order valence-corrected chi connectivity index (χ0v) is 12.3. The average molecular weight is 285 g/mol. The fourth-order valence-corrected chi connectivity index (χ4v) is 2.01. The lowest BCUT2D eigenvalue weighted by Gasteiger charge is -2.23. The lowest BCUT2D eigenvalue weighted by Crippen LogP contribution is -2.41. The third kappa shape index (κ3) is 4.82. The van der Waals surface area contributed by atoms with E-state index in [-0.39, 0.29) is 31.1 Å². The number of likely N-dealkylation sites (N-methyl/N-ethyl adjacent to an activating group) is 1. The molecule has 1 aromatic rings. The van der Waals surface area contributed by atoms with E-state index in [1.165, 1.54) is 0 Å². The van der Waals surface area contributed by atoms with Crippen molar-refractivity contribution < 1.29 is 9.90 Å².